The minimum absolute atomic E-state index is 0. The van der Waals surface area contributed by atoms with E-state index in [0.717, 1.165) is 0 Å². The second kappa shape index (κ2) is 36.1. The van der Waals surface area contributed by atoms with Crippen molar-refractivity contribution in [3.63, 3.8) is 0 Å². The summed E-state index contributed by atoms with van der Waals surface area (Å²) in [6, 6.07) is 0. The largest absolute Gasteiger partial charge is 3.00 e. The average molecular weight is 531 g/mol. The molecule has 0 bridgehead atoms. The summed E-state index contributed by atoms with van der Waals surface area (Å²) >= 11 is 0. The molecule has 0 heterocycles. The Balaban J connectivity index is -0.0000000135. The molecule has 0 atom stereocenters. The third-order valence-electron chi connectivity index (χ3n) is 0. The Morgan fingerprint density at radius 1 is 0.500 bits per heavy atom. The zero-order chi connectivity index (χ0) is 10.7. The van der Waals surface area contributed by atoms with Crippen LogP contribution in [0.4, 0.5) is 14.4 Å². The van der Waals surface area contributed by atoms with Gasteiger partial charge in [0, 0.05) is 0 Å². The molecule has 2 radical (unpaired) electrons. The minimum Gasteiger partial charge on any atom is -0.652 e. The van der Waals surface area contributed by atoms with Gasteiger partial charge >= 0.3 is 79.9 Å². The maximum absolute atomic E-state index is 8.33. The number of rotatable bonds is 0. The molecule has 13 heteroatoms. The Labute approximate surface area is 152 Å². The molecule has 0 rings (SSSR count). The molecule has 0 saturated carbocycles. The van der Waals surface area contributed by atoms with Gasteiger partial charge in [-0.05, 0) is 18.5 Å². The van der Waals surface area contributed by atoms with E-state index in [4.69, 9.17) is 45.0 Å². The summed E-state index contributed by atoms with van der Waals surface area (Å²) in [7, 11) is 0. The van der Waals surface area contributed by atoms with E-state index < -0.39 is 18.5 Å². The molecular weight excluding hydrogens is 527 g/mol. The van der Waals surface area contributed by atoms with E-state index in [-0.39, 0.29) is 90.8 Å². The molecule has 0 fully saturated rings. The van der Waals surface area contributed by atoms with Crippen molar-refractivity contribution in [2.75, 3.05) is 0 Å². The Kier molecular flexibility index (Phi) is 99.5. The van der Waals surface area contributed by atoms with Crippen LogP contribution >= 0.6 is 0 Å². The van der Waals surface area contributed by atoms with Crippen LogP contribution in [0.3, 0.4) is 0 Å². The molecule has 16 heavy (non-hydrogen) atoms. The first-order valence-electron chi connectivity index (χ1n) is 1.84. The van der Waals surface area contributed by atoms with E-state index in [9.17, 15) is 0 Å². The van der Waals surface area contributed by atoms with Crippen LogP contribution in [0.25, 0.3) is 0 Å². The molecule has 0 unspecified atom stereocenters. The normalized spacial score (nSPS) is 4.50. The summed E-state index contributed by atoms with van der Waals surface area (Å²) in [4.78, 5) is 25.0. The molecular formula is C3H4Gd2O11. The second-order valence-corrected chi connectivity index (χ2v) is 0.750. The van der Waals surface area contributed by atoms with Gasteiger partial charge in [0.1, 0.15) is 0 Å². The Morgan fingerprint density at radius 2 is 0.500 bits per heavy atom. The number of carbonyl (C=O) groups is 3. The third-order valence-corrected chi connectivity index (χ3v) is 0. The SMILES string of the molecule is O.O.O=C([O-])[O-].O=C([O-])[O-].O=C([O-])[O-].[Gd+3].[Gd+3]. The van der Waals surface area contributed by atoms with Crippen molar-refractivity contribution in [1.29, 1.82) is 0 Å². The molecule has 0 aliphatic carbocycles. The number of carbonyl (C=O) groups excluding carboxylic acids is 3. The van der Waals surface area contributed by atoms with E-state index in [1.165, 1.54) is 0 Å². The van der Waals surface area contributed by atoms with Gasteiger partial charge in [0.15, 0.2) is 0 Å². The van der Waals surface area contributed by atoms with Crippen molar-refractivity contribution in [1.82, 2.24) is 0 Å². The van der Waals surface area contributed by atoms with Crippen molar-refractivity contribution >= 4 is 18.5 Å². The summed E-state index contributed by atoms with van der Waals surface area (Å²) < 4.78 is 0. The van der Waals surface area contributed by atoms with Gasteiger partial charge in [-0.3, -0.25) is 0 Å². The Morgan fingerprint density at radius 3 is 0.500 bits per heavy atom. The van der Waals surface area contributed by atoms with Crippen molar-refractivity contribution in [2.24, 2.45) is 0 Å². The molecule has 0 aliphatic rings. The van der Waals surface area contributed by atoms with Crippen LogP contribution in [-0.4, -0.2) is 29.4 Å². The van der Waals surface area contributed by atoms with Crippen molar-refractivity contribution in [3.8, 4) is 0 Å². The summed E-state index contributed by atoms with van der Waals surface area (Å²) in [5.74, 6) is 0. The van der Waals surface area contributed by atoms with Crippen LogP contribution in [0.15, 0.2) is 0 Å². The fourth-order valence-corrected chi connectivity index (χ4v) is 0. The number of carboxylic acid groups (broad SMARTS) is 6. The van der Waals surface area contributed by atoms with Gasteiger partial charge in [-0.2, -0.15) is 0 Å². The smallest absolute Gasteiger partial charge is 0.652 e. The molecule has 0 aliphatic heterocycles. The Bertz CT molecular complexity index is 117. The van der Waals surface area contributed by atoms with Gasteiger partial charge in [0.2, 0.25) is 0 Å². The average Bonchev–Trinajstić information content (AvgIpc) is 1.54. The Hall–Kier alpha value is 0.379. The van der Waals surface area contributed by atoms with Crippen molar-refractivity contribution in [3.05, 3.63) is 0 Å². The summed E-state index contributed by atoms with van der Waals surface area (Å²) in [5, 5.41) is 50.0. The minimum atomic E-state index is -2.33. The van der Waals surface area contributed by atoms with E-state index >= 15 is 0 Å². The quantitative estimate of drug-likeness (QED) is 0.288. The summed E-state index contributed by atoms with van der Waals surface area (Å²) in [5.41, 5.74) is 0. The first-order valence-corrected chi connectivity index (χ1v) is 1.84. The van der Waals surface area contributed by atoms with Crippen LogP contribution in [0.5, 0.6) is 0 Å². The van der Waals surface area contributed by atoms with Crippen LogP contribution < -0.4 is 30.6 Å². The zero-order valence-electron chi connectivity index (χ0n) is 6.88. The monoisotopic (exact) mass is 532 g/mol. The second-order valence-electron chi connectivity index (χ2n) is 0.750. The number of hydrogen-bond acceptors (Lipinski definition) is 9. The molecule has 4 N–H and O–H groups in total. The van der Waals surface area contributed by atoms with E-state index in [1.54, 1.807) is 0 Å². The molecule has 0 saturated heterocycles. The molecule has 0 aromatic carbocycles. The van der Waals surface area contributed by atoms with Gasteiger partial charge in [-0.15, -0.1) is 0 Å². The van der Waals surface area contributed by atoms with Gasteiger partial charge in [0.25, 0.3) is 0 Å². The molecule has 0 aromatic heterocycles. The van der Waals surface area contributed by atoms with E-state index in [2.05, 4.69) is 0 Å². The van der Waals surface area contributed by atoms with Gasteiger partial charge in [-0.1, -0.05) is 0 Å². The predicted molar refractivity (Wildman–Crippen MR) is 23.4 cm³/mol. The van der Waals surface area contributed by atoms with Crippen LogP contribution in [0.1, 0.15) is 0 Å². The van der Waals surface area contributed by atoms with Crippen molar-refractivity contribution < 1.29 is 136 Å². The zero-order valence-corrected chi connectivity index (χ0v) is 11.4. The third kappa shape index (κ3) is 17900. The molecule has 0 amide bonds. The van der Waals surface area contributed by atoms with Crippen LogP contribution in [0, 0.1) is 79.9 Å². The topological polar surface area (TPSA) is 253 Å². The van der Waals surface area contributed by atoms with Crippen molar-refractivity contribution in [2.45, 2.75) is 0 Å². The van der Waals surface area contributed by atoms with Crippen LogP contribution in [-0.2, 0) is 0 Å². The molecule has 11 nitrogen and oxygen atoms in total. The van der Waals surface area contributed by atoms with Crippen LogP contribution in [0.2, 0.25) is 0 Å². The van der Waals surface area contributed by atoms with Gasteiger partial charge < -0.3 is 56.0 Å². The molecule has 0 aromatic rings. The number of hydrogen-bond donors (Lipinski definition) is 0. The molecule has 0 spiro atoms. The van der Waals surface area contributed by atoms with E-state index in [0.29, 0.717) is 0 Å². The maximum atomic E-state index is 8.33. The molecule has 98 valence electrons. The first-order chi connectivity index (χ1) is 5.20. The van der Waals surface area contributed by atoms with E-state index in [1.807, 2.05) is 0 Å². The summed E-state index contributed by atoms with van der Waals surface area (Å²) in [6.45, 7) is 0. The first kappa shape index (κ1) is 44.0. The van der Waals surface area contributed by atoms with Gasteiger partial charge in [0.05, 0.1) is 0 Å². The fourth-order valence-electron chi connectivity index (χ4n) is 0. The van der Waals surface area contributed by atoms with Gasteiger partial charge in [-0.25, -0.2) is 0 Å². The predicted octanol–water partition coefficient (Wildman–Crippen LogP) is -8.99. The maximum Gasteiger partial charge on any atom is 3.00 e. The summed E-state index contributed by atoms with van der Waals surface area (Å²) in [6.07, 6.45) is -7.00. The fraction of sp³-hybridized carbons (Fsp3) is 0. The standard InChI is InChI=1S/3CH2O3.2Gd.2H2O/c3*2-1(3)4;;;;/h3*(H2,2,3,4);;;2*1H2/q;;;2*+3;;/p-6.